The van der Waals surface area contributed by atoms with Gasteiger partial charge in [-0.05, 0) is 31.5 Å². The second-order valence-corrected chi connectivity index (χ2v) is 7.69. The Bertz CT molecular complexity index is 843. The van der Waals surface area contributed by atoms with Gasteiger partial charge in [-0.2, -0.15) is 0 Å². The van der Waals surface area contributed by atoms with Crippen LogP contribution in [0.5, 0.6) is 5.75 Å². The quantitative estimate of drug-likeness (QED) is 0.859. The Balaban J connectivity index is 1.60. The number of para-hydroxylation sites is 1. The van der Waals surface area contributed by atoms with E-state index in [1.54, 1.807) is 0 Å². The minimum Gasteiger partial charge on any atom is -0.491 e. The van der Waals surface area contributed by atoms with E-state index in [4.69, 9.17) is 9.47 Å². The normalized spacial score (nSPS) is 22.9. The first-order chi connectivity index (χ1) is 13.5. The van der Waals surface area contributed by atoms with Crippen molar-refractivity contribution < 1.29 is 18.3 Å². The topological polar surface area (TPSA) is 33.7 Å². The number of piperazine rings is 1. The maximum absolute atomic E-state index is 14.2. The van der Waals surface area contributed by atoms with E-state index in [1.165, 1.54) is 6.07 Å². The van der Waals surface area contributed by atoms with Gasteiger partial charge in [0.2, 0.25) is 0 Å². The fourth-order valence-electron chi connectivity index (χ4n) is 4.13. The minimum absolute atomic E-state index is 0.0764. The molecule has 4 nitrogen and oxygen atoms in total. The number of halogens is 2. The third kappa shape index (κ3) is 3.90. The van der Waals surface area contributed by atoms with E-state index in [1.807, 2.05) is 32.0 Å². The molecule has 150 valence electrons. The maximum Gasteiger partial charge on any atom is 0.131 e. The summed E-state index contributed by atoms with van der Waals surface area (Å²) in [7, 11) is 0. The molecular formula is C22H26F2N2O2. The van der Waals surface area contributed by atoms with Crippen molar-refractivity contribution >= 4 is 0 Å². The molecular weight excluding hydrogens is 362 g/mol. The Kier molecular flexibility index (Phi) is 5.62. The van der Waals surface area contributed by atoms with Crippen LogP contribution in [-0.4, -0.2) is 37.2 Å². The number of nitrogens with one attached hydrogen (secondary N) is 1. The molecule has 28 heavy (non-hydrogen) atoms. The van der Waals surface area contributed by atoms with Crippen LogP contribution in [0, 0.1) is 11.6 Å². The number of hydrogen-bond donors (Lipinski definition) is 1. The van der Waals surface area contributed by atoms with Crippen LogP contribution in [0.3, 0.4) is 0 Å². The zero-order chi connectivity index (χ0) is 19.7. The molecule has 2 atom stereocenters. The average Bonchev–Trinajstić information content (AvgIpc) is 2.67. The van der Waals surface area contributed by atoms with Crippen molar-refractivity contribution in [1.29, 1.82) is 0 Å². The number of hydrogen-bond acceptors (Lipinski definition) is 4. The van der Waals surface area contributed by atoms with Crippen LogP contribution in [-0.2, 0) is 11.3 Å². The molecule has 0 radical (unpaired) electrons. The Hall–Kier alpha value is -2.02. The van der Waals surface area contributed by atoms with Crippen LogP contribution >= 0.6 is 0 Å². The van der Waals surface area contributed by atoms with Gasteiger partial charge in [-0.15, -0.1) is 0 Å². The summed E-state index contributed by atoms with van der Waals surface area (Å²) in [6.45, 7) is 6.93. The van der Waals surface area contributed by atoms with Gasteiger partial charge in [0, 0.05) is 42.9 Å². The van der Waals surface area contributed by atoms with Crippen molar-refractivity contribution in [2.24, 2.45) is 0 Å². The highest BCUT2D eigenvalue weighted by Crippen LogP contribution is 2.35. The molecule has 2 aliphatic rings. The highest BCUT2D eigenvalue weighted by Gasteiger charge is 2.33. The lowest BCUT2D eigenvalue weighted by atomic mass is 9.95. The van der Waals surface area contributed by atoms with Crippen LogP contribution in [0.1, 0.15) is 42.6 Å². The van der Waals surface area contributed by atoms with Crippen LogP contribution in [0.4, 0.5) is 8.78 Å². The van der Waals surface area contributed by atoms with Gasteiger partial charge in [0.25, 0.3) is 0 Å². The van der Waals surface area contributed by atoms with Crippen molar-refractivity contribution in [3.63, 3.8) is 0 Å². The van der Waals surface area contributed by atoms with Gasteiger partial charge in [0.1, 0.15) is 17.4 Å². The lowest BCUT2D eigenvalue weighted by molar-refractivity contribution is 0.0185. The standard InChI is InChI=1S/C22H26F2N2O2/c1-14(2)28-22-6-4-3-5-16(22)20-11-26(8-7-25-20)21-13-27-12-18-17(21)9-15(23)10-19(18)24/h3-6,9-10,14,20-21,25H,7-8,11-13H2,1-2H3/t20-,21-/m0/s1. The molecule has 2 aliphatic heterocycles. The van der Waals surface area contributed by atoms with Crippen molar-refractivity contribution in [3.05, 3.63) is 64.7 Å². The molecule has 1 N–H and O–H groups in total. The molecule has 1 fully saturated rings. The van der Waals surface area contributed by atoms with E-state index in [-0.39, 0.29) is 24.8 Å². The Morgan fingerprint density at radius 1 is 1.18 bits per heavy atom. The molecule has 4 rings (SSSR count). The Morgan fingerprint density at radius 2 is 2.00 bits per heavy atom. The van der Waals surface area contributed by atoms with E-state index >= 15 is 0 Å². The van der Waals surface area contributed by atoms with Gasteiger partial charge >= 0.3 is 0 Å². The molecule has 2 aromatic rings. The molecule has 2 aromatic carbocycles. The first-order valence-corrected chi connectivity index (χ1v) is 9.81. The Labute approximate surface area is 164 Å². The molecule has 1 saturated heterocycles. The summed E-state index contributed by atoms with van der Waals surface area (Å²) in [5.74, 6) is -0.193. The van der Waals surface area contributed by atoms with Gasteiger partial charge in [-0.25, -0.2) is 8.78 Å². The van der Waals surface area contributed by atoms with Gasteiger partial charge < -0.3 is 14.8 Å². The van der Waals surface area contributed by atoms with E-state index in [2.05, 4.69) is 16.3 Å². The van der Waals surface area contributed by atoms with Crippen molar-refractivity contribution in [2.45, 2.75) is 38.6 Å². The van der Waals surface area contributed by atoms with E-state index in [0.717, 1.165) is 30.5 Å². The zero-order valence-corrected chi connectivity index (χ0v) is 16.3. The first kappa shape index (κ1) is 19.3. The van der Waals surface area contributed by atoms with Gasteiger partial charge in [-0.3, -0.25) is 4.90 Å². The van der Waals surface area contributed by atoms with Crippen molar-refractivity contribution in [3.8, 4) is 5.75 Å². The van der Waals surface area contributed by atoms with Gasteiger partial charge in [0.15, 0.2) is 0 Å². The van der Waals surface area contributed by atoms with Crippen LogP contribution < -0.4 is 10.1 Å². The summed E-state index contributed by atoms with van der Waals surface area (Å²) in [6.07, 6.45) is 0.0883. The SMILES string of the molecule is CC(C)Oc1ccccc1[C@@H]1CN([C@H]2COCc3c(F)cc(F)cc32)CCN1. The number of benzene rings is 2. The first-order valence-electron chi connectivity index (χ1n) is 9.81. The lowest BCUT2D eigenvalue weighted by Gasteiger charge is -2.41. The molecule has 0 bridgehead atoms. The second kappa shape index (κ2) is 8.15. The van der Waals surface area contributed by atoms with Gasteiger partial charge in [-0.1, -0.05) is 18.2 Å². The number of fused-ring (bicyclic) bond motifs is 1. The zero-order valence-electron chi connectivity index (χ0n) is 16.3. The molecule has 0 amide bonds. The number of nitrogens with zero attached hydrogens (tertiary/aromatic N) is 1. The summed E-state index contributed by atoms with van der Waals surface area (Å²) in [6, 6.07) is 10.3. The molecule has 0 aromatic heterocycles. The van der Waals surface area contributed by atoms with E-state index in [0.29, 0.717) is 24.3 Å². The molecule has 6 heteroatoms. The molecule has 2 heterocycles. The monoisotopic (exact) mass is 388 g/mol. The van der Waals surface area contributed by atoms with Crippen molar-refractivity contribution in [1.82, 2.24) is 10.2 Å². The summed E-state index contributed by atoms with van der Waals surface area (Å²) < 4.78 is 39.7. The summed E-state index contributed by atoms with van der Waals surface area (Å²) >= 11 is 0. The highest BCUT2D eigenvalue weighted by atomic mass is 19.1. The second-order valence-electron chi connectivity index (χ2n) is 7.69. The van der Waals surface area contributed by atoms with Crippen LogP contribution in [0.25, 0.3) is 0 Å². The van der Waals surface area contributed by atoms with Crippen LogP contribution in [0.2, 0.25) is 0 Å². The fourth-order valence-corrected chi connectivity index (χ4v) is 4.13. The summed E-state index contributed by atoms with van der Waals surface area (Å²) in [4.78, 5) is 2.25. The summed E-state index contributed by atoms with van der Waals surface area (Å²) in [5.41, 5.74) is 2.27. The molecule has 0 spiro atoms. The number of rotatable bonds is 4. The highest BCUT2D eigenvalue weighted by molar-refractivity contribution is 5.37. The smallest absolute Gasteiger partial charge is 0.131 e. The van der Waals surface area contributed by atoms with E-state index < -0.39 is 11.6 Å². The van der Waals surface area contributed by atoms with Gasteiger partial charge in [0.05, 0.1) is 25.4 Å². The minimum atomic E-state index is -0.537. The lowest BCUT2D eigenvalue weighted by Crippen LogP contribution is -2.49. The third-order valence-corrected chi connectivity index (χ3v) is 5.38. The molecule has 0 unspecified atom stereocenters. The molecule has 0 aliphatic carbocycles. The van der Waals surface area contributed by atoms with E-state index in [9.17, 15) is 8.78 Å². The largest absolute Gasteiger partial charge is 0.491 e. The maximum atomic E-state index is 14.2. The predicted molar refractivity (Wildman–Crippen MR) is 103 cm³/mol. The average molecular weight is 388 g/mol. The summed E-state index contributed by atoms with van der Waals surface area (Å²) in [5, 5.41) is 3.55. The fraction of sp³-hybridized carbons (Fsp3) is 0.455. The third-order valence-electron chi connectivity index (χ3n) is 5.38. The predicted octanol–water partition coefficient (Wildman–Crippen LogP) is 3.97. The number of ether oxygens (including phenoxy) is 2. The van der Waals surface area contributed by atoms with Crippen molar-refractivity contribution in [2.75, 3.05) is 26.2 Å². The Morgan fingerprint density at radius 3 is 2.82 bits per heavy atom. The van der Waals surface area contributed by atoms with Crippen LogP contribution in [0.15, 0.2) is 36.4 Å². The molecule has 0 saturated carbocycles.